The van der Waals surface area contributed by atoms with Gasteiger partial charge in [-0.05, 0) is 38.3 Å². The zero-order chi connectivity index (χ0) is 15.0. The topological polar surface area (TPSA) is 99.1 Å². The van der Waals surface area contributed by atoms with Gasteiger partial charge in [-0.3, -0.25) is 4.55 Å². The summed E-state index contributed by atoms with van der Waals surface area (Å²) in [6.07, 6.45) is 2.45. The largest absolute Gasteiger partial charge is 0.389 e. The van der Waals surface area contributed by atoms with E-state index in [4.69, 9.17) is 9.29 Å². The highest BCUT2D eigenvalue weighted by Crippen LogP contribution is 2.15. The van der Waals surface area contributed by atoms with E-state index >= 15 is 0 Å². The predicted octanol–water partition coefficient (Wildman–Crippen LogP) is -0.122. The van der Waals surface area contributed by atoms with Crippen molar-refractivity contribution < 1.29 is 22.8 Å². The fourth-order valence-corrected chi connectivity index (χ4v) is 2.56. The summed E-state index contributed by atoms with van der Waals surface area (Å²) in [7, 11) is -4.25. The fourth-order valence-electron chi connectivity index (χ4n) is 2.16. The Morgan fingerprint density at radius 2 is 2.05 bits per heavy atom. The number of ether oxygens (including phenoxy) is 1. The molecular weight excluding hydrogens is 284 g/mol. The van der Waals surface area contributed by atoms with Crippen LogP contribution in [0.15, 0.2) is 0 Å². The minimum Gasteiger partial charge on any atom is -0.389 e. The Labute approximate surface area is 121 Å². The van der Waals surface area contributed by atoms with Crippen LogP contribution in [-0.4, -0.2) is 68.5 Å². The highest BCUT2D eigenvalue weighted by Gasteiger charge is 2.15. The van der Waals surface area contributed by atoms with Crippen molar-refractivity contribution in [3.63, 3.8) is 0 Å². The van der Waals surface area contributed by atoms with Gasteiger partial charge in [0.25, 0.3) is 0 Å². The van der Waals surface area contributed by atoms with Crippen molar-refractivity contribution in [1.82, 2.24) is 9.62 Å². The third kappa shape index (κ3) is 8.83. The summed E-state index contributed by atoms with van der Waals surface area (Å²) in [6.45, 7) is 5.90. The van der Waals surface area contributed by atoms with Gasteiger partial charge in [-0.25, -0.2) is 0 Å². The molecule has 1 unspecified atom stereocenters. The van der Waals surface area contributed by atoms with E-state index in [1.165, 1.54) is 12.8 Å². The average molecular weight is 310 g/mol. The van der Waals surface area contributed by atoms with Gasteiger partial charge in [0, 0.05) is 19.7 Å². The molecule has 8 heteroatoms. The Bertz CT molecular complexity index is 355. The lowest BCUT2D eigenvalue weighted by Gasteiger charge is -2.30. The van der Waals surface area contributed by atoms with Crippen LogP contribution in [-0.2, 0) is 15.0 Å². The van der Waals surface area contributed by atoms with Crippen LogP contribution in [0.25, 0.3) is 0 Å². The van der Waals surface area contributed by atoms with Crippen molar-refractivity contribution in [2.24, 2.45) is 5.92 Å². The van der Waals surface area contributed by atoms with Crippen molar-refractivity contribution in [2.75, 3.05) is 39.4 Å². The Morgan fingerprint density at radius 1 is 1.40 bits per heavy atom. The summed E-state index contributed by atoms with van der Waals surface area (Å²) in [5.41, 5.74) is 0. The quantitative estimate of drug-likeness (QED) is 0.405. The number of aliphatic hydroxyl groups is 1. The van der Waals surface area contributed by atoms with Crippen LogP contribution < -0.4 is 4.72 Å². The van der Waals surface area contributed by atoms with Gasteiger partial charge in [0.15, 0.2) is 0 Å². The lowest BCUT2D eigenvalue weighted by Crippen LogP contribution is -2.35. The molecule has 0 aliphatic carbocycles. The molecule has 1 saturated heterocycles. The molecule has 20 heavy (non-hydrogen) atoms. The Balaban J connectivity index is 1.96. The molecule has 1 atom stereocenters. The maximum absolute atomic E-state index is 10.4. The number of nitrogens with zero attached hydrogens (tertiary/aromatic N) is 1. The van der Waals surface area contributed by atoms with E-state index in [0.29, 0.717) is 6.61 Å². The van der Waals surface area contributed by atoms with Crippen molar-refractivity contribution in [1.29, 1.82) is 0 Å². The number of hydrogen-bond donors (Lipinski definition) is 3. The number of nitrogens with one attached hydrogen (secondary N) is 1. The van der Waals surface area contributed by atoms with Crippen LogP contribution in [0.3, 0.4) is 0 Å². The first-order chi connectivity index (χ1) is 9.37. The molecule has 7 nitrogen and oxygen atoms in total. The van der Waals surface area contributed by atoms with Crippen LogP contribution >= 0.6 is 0 Å². The summed E-state index contributed by atoms with van der Waals surface area (Å²) in [4.78, 5) is 2.42. The van der Waals surface area contributed by atoms with Gasteiger partial charge in [0.1, 0.15) is 0 Å². The van der Waals surface area contributed by atoms with Gasteiger partial charge in [0.05, 0.1) is 12.7 Å². The highest BCUT2D eigenvalue weighted by molar-refractivity contribution is 7.83. The maximum atomic E-state index is 10.4. The lowest BCUT2D eigenvalue weighted by molar-refractivity contribution is 0.0343. The van der Waals surface area contributed by atoms with Gasteiger partial charge >= 0.3 is 10.3 Å². The smallest absolute Gasteiger partial charge is 0.333 e. The van der Waals surface area contributed by atoms with E-state index in [1.54, 1.807) is 0 Å². The van der Waals surface area contributed by atoms with E-state index in [9.17, 15) is 13.5 Å². The molecule has 120 valence electrons. The molecule has 0 aromatic carbocycles. The molecule has 1 heterocycles. The molecule has 0 amide bonds. The molecular formula is C12H26N2O5S. The standard InChI is InChI=1S/C12H26N2O5S/c1-11-3-6-14(7-4-11)5-2-8-19-10-12(15)9-13-20(16,17)18/h11-13,15H,2-10H2,1H3,(H,16,17,18). The molecule has 1 fully saturated rings. The average Bonchev–Trinajstić information content (AvgIpc) is 2.37. The molecule has 0 bridgehead atoms. The van der Waals surface area contributed by atoms with E-state index in [0.717, 1.165) is 32.0 Å². The van der Waals surface area contributed by atoms with Crippen molar-refractivity contribution in [2.45, 2.75) is 32.3 Å². The molecule has 1 aliphatic heterocycles. The van der Waals surface area contributed by atoms with Crippen LogP contribution in [0.4, 0.5) is 0 Å². The summed E-state index contributed by atoms with van der Waals surface area (Å²) in [6, 6.07) is 0. The van der Waals surface area contributed by atoms with Crippen LogP contribution in [0.5, 0.6) is 0 Å². The monoisotopic (exact) mass is 310 g/mol. The Hall–Kier alpha value is -0.250. The van der Waals surface area contributed by atoms with Crippen LogP contribution in [0.2, 0.25) is 0 Å². The molecule has 1 rings (SSSR count). The minimum absolute atomic E-state index is 0.0551. The van der Waals surface area contributed by atoms with Gasteiger partial charge < -0.3 is 14.7 Å². The third-order valence-electron chi connectivity index (χ3n) is 3.45. The zero-order valence-electron chi connectivity index (χ0n) is 12.0. The van der Waals surface area contributed by atoms with Crippen molar-refractivity contribution in [3.8, 4) is 0 Å². The van der Waals surface area contributed by atoms with E-state index < -0.39 is 16.4 Å². The van der Waals surface area contributed by atoms with Crippen molar-refractivity contribution >= 4 is 10.3 Å². The minimum atomic E-state index is -4.25. The van der Waals surface area contributed by atoms with E-state index in [-0.39, 0.29) is 13.2 Å². The number of piperidine rings is 1. The number of aliphatic hydroxyl groups excluding tert-OH is 1. The first-order valence-electron chi connectivity index (χ1n) is 7.07. The zero-order valence-corrected chi connectivity index (χ0v) is 12.8. The molecule has 0 saturated carbocycles. The molecule has 3 N–H and O–H groups in total. The number of rotatable bonds is 9. The molecule has 0 spiro atoms. The van der Waals surface area contributed by atoms with E-state index in [1.807, 2.05) is 4.72 Å². The van der Waals surface area contributed by atoms with Crippen LogP contribution in [0, 0.1) is 5.92 Å². The SMILES string of the molecule is CC1CCN(CCCOCC(O)CNS(=O)(=O)O)CC1. The normalized spacial score (nSPS) is 20.1. The van der Waals surface area contributed by atoms with Gasteiger partial charge in [-0.15, -0.1) is 0 Å². The highest BCUT2D eigenvalue weighted by atomic mass is 32.2. The maximum Gasteiger partial charge on any atom is 0.333 e. The third-order valence-corrected chi connectivity index (χ3v) is 3.98. The summed E-state index contributed by atoms with van der Waals surface area (Å²) in [5, 5.41) is 9.42. The van der Waals surface area contributed by atoms with E-state index in [2.05, 4.69) is 11.8 Å². The van der Waals surface area contributed by atoms with Gasteiger partial charge in [0.2, 0.25) is 0 Å². The Morgan fingerprint density at radius 3 is 2.65 bits per heavy atom. The number of hydrogen-bond acceptors (Lipinski definition) is 5. The van der Waals surface area contributed by atoms with Crippen molar-refractivity contribution in [3.05, 3.63) is 0 Å². The second kappa shape index (κ2) is 8.91. The summed E-state index contributed by atoms with van der Waals surface area (Å²) in [5.74, 6) is 0.827. The Kier molecular flexibility index (Phi) is 7.93. The molecule has 0 aromatic heterocycles. The van der Waals surface area contributed by atoms with Gasteiger partial charge in [-0.2, -0.15) is 13.1 Å². The number of likely N-dealkylation sites (tertiary alicyclic amines) is 1. The second-order valence-electron chi connectivity index (χ2n) is 5.43. The fraction of sp³-hybridized carbons (Fsp3) is 1.00. The molecule has 1 aliphatic rings. The molecule has 0 radical (unpaired) electrons. The predicted molar refractivity (Wildman–Crippen MR) is 75.8 cm³/mol. The lowest BCUT2D eigenvalue weighted by atomic mass is 9.99. The second-order valence-corrected chi connectivity index (χ2v) is 6.67. The summed E-state index contributed by atoms with van der Waals surface area (Å²) < 4.78 is 36.3. The van der Waals surface area contributed by atoms with Crippen LogP contribution in [0.1, 0.15) is 26.2 Å². The first-order valence-corrected chi connectivity index (χ1v) is 8.51. The summed E-state index contributed by atoms with van der Waals surface area (Å²) >= 11 is 0. The first kappa shape index (κ1) is 17.8. The molecule has 0 aromatic rings. The van der Waals surface area contributed by atoms with Gasteiger partial charge in [-0.1, -0.05) is 6.92 Å².